The van der Waals surface area contributed by atoms with Crippen LogP contribution in [0, 0.1) is 6.92 Å². The summed E-state index contributed by atoms with van der Waals surface area (Å²) in [4.78, 5) is 13.1. The highest BCUT2D eigenvalue weighted by atomic mass is 32.2. The van der Waals surface area contributed by atoms with E-state index < -0.39 is 22.0 Å². The van der Waals surface area contributed by atoms with E-state index in [0.717, 1.165) is 16.3 Å². The molecule has 0 spiro atoms. The predicted octanol–water partition coefficient (Wildman–Crippen LogP) is 5.34. The first-order valence-electron chi connectivity index (χ1n) is 10.9. The van der Waals surface area contributed by atoms with E-state index in [-0.39, 0.29) is 10.5 Å². The van der Waals surface area contributed by atoms with E-state index >= 15 is 0 Å². The van der Waals surface area contributed by atoms with Crippen LogP contribution in [0.2, 0.25) is 0 Å². The summed E-state index contributed by atoms with van der Waals surface area (Å²) in [6.07, 6.45) is 0. The molecular weight excluding hydrogens is 462 g/mol. The Hall–Kier alpha value is -3.94. The molecule has 0 radical (unpaired) electrons. The lowest BCUT2D eigenvalue weighted by Gasteiger charge is -2.21. The van der Waals surface area contributed by atoms with Crippen molar-refractivity contribution in [3.63, 3.8) is 0 Å². The number of ether oxygens (including phenoxy) is 2. The number of rotatable bonds is 8. The van der Waals surface area contributed by atoms with Crippen LogP contribution in [0.5, 0.6) is 11.5 Å². The Morgan fingerprint density at radius 1 is 0.857 bits per heavy atom. The van der Waals surface area contributed by atoms with Gasteiger partial charge in [0.05, 0.1) is 23.6 Å². The minimum absolute atomic E-state index is 0.0334. The van der Waals surface area contributed by atoms with Crippen molar-refractivity contribution in [3.8, 4) is 11.5 Å². The van der Waals surface area contributed by atoms with Crippen LogP contribution < -0.4 is 14.2 Å². The lowest BCUT2D eigenvalue weighted by atomic mass is 10.00. The molecule has 0 aromatic heterocycles. The van der Waals surface area contributed by atoms with Crippen LogP contribution in [0.3, 0.4) is 0 Å². The number of sulfonamides is 1. The number of aryl methyl sites for hydroxylation is 1. The number of esters is 1. The molecule has 0 unspecified atom stereocenters. The van der Waals surface area contributed by atoms with Crippen molar-refractivity contribution in [2.24, 2.45) is 0 Å². The number of hydrogen-bond acceptors (Lipinski definition) is 5. The Kier molecular flexibility index (Phi) is 7.00. The summed E-state index contributed by atoms with van der Waals surface area (Å²) in [6.45, 7) is 5.82. The van der Waals surface area contributed by atoms with Crippen molar-refractivity contribution >= 4 is 26.8 Å². The third-order valence-electron chi connectivity index (χ3n) is 5.60. The molecule has 0 bridgehead atoms. The van der Waals surface area contributed by atoms with E-state index in [1.165, 1.54) is 19.2 Å². The van der Waals surface area contributed by atoms with E-state index in [9.17, 15) is 13.2 Å². The molecular formula is C28H25NO5S. The number of carbonyl (C=O) groups is 1. The molecule has 0 saturated carbocycles. The van der Waals surface area contributed by atoms with Crippen LogP contribution in [-0.4, -0.2) is 21.5 Å². The Morgan fingerprint density at radius 2 is 1.49 bits per heavy atom. The van der Waals surface area contributed by atoms with Gasteiger partial charge in [0, 0.05) is 0 Å². The number of fused-ring (bicyclic) bond motifs is 1. The second-order valence-electron chi connectivity index (χ2n) is 8.06. The van der Waals surface area contributed by atoms with Gasteiger partial charge in [-0.2, -0.15) is 4.72 Å². The van der Waals surface area contributed by atoms with Gasteiger partial charge in [0.25, 0.3) is 0 Å². The van der Waals surface area contributed by atoms with Crippen LogP contribution in [0.1, 0.15) is 17.2 Å². The van der Waals surface area contributed by atoms with Gasteiger partial charge < -0.3 is 9.47 Å². The fourth-order valence-corrected chi connectivity index (χ4v) is 4.82. The van der Waals surface area contributed by atoms with Crippen LogP contribution >= 0.6 is 0 Å². The summed E-state index contributed by atoms with van der Waals surface area (Å²) in [6, 6.07) is 25.1. The maximum absolute atomic E-state index is 13.2. The lowest BCUT2D eigenvalue weighted by molar-refractivity contribution is -0.130. The summed E-state index contributed by atoms with van der Waals surface area (Å²) in [5.74, 6) is 0.140. The molecule has 7 heteroatoms. The molecule has 0 amide bonds. The van der Waals surface area contributed by atoms with Gasteiger partial charge in [-0.05, 0) is 59.7 Å². The van der Waals surface area contributed by atoms with Crippen molar-refractivity contribution in [3.05, 3.63) is 114 Å². The summed E-state index contributed by atoms with van der Waals surface area (Å²) in [5, 5.41) is 1.93. The molecule has 178 valence electrons. The first kappa shape index (κ1) is 24.2. The van der Waals surface area contributed by atoms with Crippen molar-refractivity contribution in [1.82, 2.24) is 4.72 Å². The molecule has 0 saturated heterocycles. The highest BCUT2D eigenvalue weighted by Gasteiger charge is 2.28. The lowest BCUT2D eigenvalue weighted by Crippen LogP contribution is -2.33. The van der Waals surface area contributed by atoms with Gasteiger partial charge >= 0.3 is 5.97 Å². The highest BCUT2D eigenvalue weighted by molar-refractivity contribution is 7.89. The first-order valence-corrected chi connectivity index (χ1v) is 12.4. The summed E-state index contributed by atoms with van der Waals surface area (Å²) < 4.78 is 39.6. The molecule has 0 aliphatic rings. The van der Waals surface area contributed by atoms with Crippen molar-refractivity contribution in [2.75, 3.05) is 7.11 Å². The molecule has 1 N–H and O–H groups in total. The second-order valence-corrected chi connectivity index (χ2v) is 9.78. The molecule has 35 heavy (non-hydrogen) atoms. The molecule has 0 fully saturated rings. The number of methoxy groups -OCH3 is 1. The van der Waals surface area contributed by atoms with Crippen molar-refractivity contribution in [2.45, 2.75) is 17.9 Å². The van der Waals surface area contributed by atoms with E-state index in [1.807, 2.05) is 49.4 Å². The highest BCUT2D eigenvalue weighted by Crippen LogP contribution is 2.27. The van der Waals surface area contributed by atoms with Crippen molar-refractivity contribution < 1.29 is 22.7 Å². The average Bonchev–Trinajstić information content (AvgIpc) is 2.87. The normalized spacial score (nSPS) is 12.2. The molecule has 1 atom stereocenters. The van der Waals surface area contributed by atoms with Crippen LogP contribution in [0.4, 0.5) is 0 Å². The zero-order valence-electron chi connectivity index (χ0n) is 19.4. The van der Waals surface area contributed by atoms with Gasteiger partial charge in [-0.3, -0.25) is 0 Å². The molecule has 4 aromatic carbocycles. The second kappa shape index (κ2) is 10.1. The van der Waals surface area contributed by atoms with Gasteiger partial charge in [0.15, 0.2) is 0 Å². The minimum atomic E-state index is -4.00. The van der Waals surface area contributed by atoms with Crippen LogP contribution in [0.25, 0.3) is 10.8 Å². The first-order chi connectivity index (χ1) is 16.8. The zero-order chi connectivity index (χ0) is 25.0. The smallest absolute Gasteiger partial charge is 0.340 e. The molecule has 4 rings (SSSR count). The van der Waals surface area contributed by atoms with Gasteiger partial charge in [0.2, 0.25) is 10.0 Å². The van der Waals surface area contributed by atoms with Crippen LogP contribution in [-0.2, 0) is 14.8 Å². The average molecular weight is 488 g/mol. The maximum Gasteiger partial charge on any atom is 0.340 e. The molecule has 4 aromatic rings. The molecule has 0 heterocycles. The van der Waals surface area contributed by atoms with E-state index in [4.69, 9.17) is 9.47 Å². The minimum Gasteiger partial charge on any atom is -0.497 e. The monoisotopic (exact) mass is 487 g/mol. The number of hydrogen-bond donors (Lipinski definition) is 1. The topological polar surface area (TPSA) is 81.7 Å². The van der Waals surface area contributed by atoms with Gasteiger partial charge in [-0.25, -0.2) is 13.2 Å². The summed E-state index contributed by atoms with van der Waals surface area (Å²) in [5.41, 5.74) is 1.52. The van der Waals surface area contributed by atoms with Gasteiger partial charge in [-0.15, -0.1) is 0 Å². The Morgan fingerprint density at radius 3 is 2.14 bits per heavy atom. The molecule has 6 nitrogen and oxygen atoms in total. The summed E-state index contributed by atoms with van der Waals surface area (Å²) >= 11 is 0. The van der Waals surface area contributed by atoms with Crippen LogP contribution in [0.15, 0.2) is 108 Å². The zero-order valence-corrected chi connectivity index (χ0v) is 20.2. The third-order valence-corrected chi connectivity index (χ3v) is 7.03. The Bertz CT molecular complexity index is 1480. The van der Waals surface area contributed by atoms with Crippen molar-refractivity contribution in [1.29, 1.82) is 0 Å². The standard InChI is InChI=1S/C28H25NO5S/c1-19-8-10-22(11-9-19)27(29-35(31,32)26-16-14-24(33-3)15-17-26)20(2)28(30)34-25-13-12-21-6-4-5-7-23(21)18-25/h4-18,27,29H,2H2,1,3H3/t27-/m0/s1. The fourth-order valence-electron chi connectivity index (χ4n) is 3.60. The number of nitrogens with one attached hydrogen (secondary N) is 1. The van der Waals surface area contributed by atoms with Gasteiger partial charge in [0.1, 0.15) is 11.5 Å². The fraction of sp³-hybridized carbons (Fsp3) is 0.107. The largest absolute Gasteiger partial charge is 0.497 e. The third kappa shape index (κ3) is 5.59. The van der Waals surface area contributed by atoms with Gasteiger partial charge in [-0.1, -0.05) is 66.7 Å². The Labute approximate surface area is 204 Å². The predicted molar refractivity (Wildman–Crippen MR) is 136 cm³/mol. The maximum atomic E-state index is 13.2. The quantitative estimate of drug-likeness (QED) is 0.206. The SMILES string of the molecule is C=C(C(=O)Oc1ccc2ccccc2c1)[C@H](NS(=O)(=O)c1ccc(OC)cc1)c1ccc(C)cc1. The Balaban J connectivity index is 1.62. The number of carbonyl (C=O) groups excluding carboxylic acids is 1. The van der Waals surface area contributed by atoms with E-state index in [0.29, 0.717) is 17.1 Å². The molecule has 0 aliphatic heterocycles. The summed E-state index contributed by atoms with van der Waals surface area (Å²) in [7, 11) is -2.50. The molecule has 0 aliphatic carbocycles. The van der Waals surface area contributed by atoms with E-state index in [2.05, 4.69) is 11.3 Å². The van der Waals surface area contributed by atoms with E-state index in [1.54, 1.807) is 36.4 Å². The number of benzene rings is 4.